The van der Waals surface area contributed by atoms with Gasteiger partial charge in [0, 0.05) is 23.3 Å². The molecule has 0 radical (unpaired) electrons. The largest absolute Gasteiger partial charge is 0.482 e. The smallest absolute Gasteiger partial charge is 0.265 e. The summed E-state index contributed by atoms with van der Waals surface area (Å²) in [7, 11) is 0. The molecule has 2 heterocycles. The molecule has 0 saturated carbocycles. The number of hydrogen-bond acceptors (Lipinski definition) is 5. The van der Waals surface area contributed by atoms with Gasteiger partial charge in [-0.3, -0.25) is 14.5 Å². The van der Waals surface area contributed by atoms with Crippen molar-refractivity contribution in [3.05, 3.63) is 47.1 Å². The molecule has 0 bridgehead atoms. The highest BCUT2D eigenvalue weighted by Crippen LogP contribution is 2.34. The third-order valence-corrected chi connectivity index (χ3v) is 4.01. The van der Waals surface area contributed by atoms with Gasteiger partial charge in [0.2, 0.25) is 11.8 Å². The summed E-state index contributed by atoms with van der Waals surface area (Å²) in [4.78, 5) is 30.0. The van der Waals surface area contributed by atoms with Crippen LogP contribution in [0.25, 0.3) is 0 Å². The predicted molar refractivity (Wildman–Crippen MR) is 96.6 cm³/mol. The first-order chi connectivity index (χ1) is 12.6. The molecule has 1 aliphatic heterocycles. The van der Waals surface area contributed by atoms with Crippen molar-refractivity contribution < 1.29 is 19.1 Å². The van der Waals surface area contributed by atoms with Crippen LogP contribution in [0.3, 0.4) is 0 Å². The molecule has 136 valence electrons. The van der Waals surface area contributed by atoms with Crippen molar-refractivity contribution in [3.63, 3.8) is 0 Å². The van der Waals surface area contributed by atoms with E-state index in [0.29, 0.717) is 28.9 Å². The number of ether oxygens (including phenoxy) is 2. The fourth-order valence-electron chi connectivity index (χ4n) is 2.57. The summed E-state index contributed by atoms with van der Waals surface area (Å²) in [5.41, 5.74) is 1.25. The number of rotatable bonds is 6. The van der Waals surface area contributed by atoms with Crippen molar-refractivity contribution >= 4 is 29.1 Å². The summed E-state index contributed by atoms with van der Waals surface area (Å²) >= 11 is 6.00. The lowest BCUT2D eigenvalue weighted by Gasteiger charge is -2.29. The summed E-state index contributed by atoms with van der Waals surface area (Å²) < 4.78 is 10.8. The molecule has 8 heteroatoms. The van der Waals surface area contributed by atoms with E-state index in [9.17, 15) is 9.59 Å². The third kappa shape index (κ3) is 4.05. The second-order valence-electron chi connectivity index (χ2n) is 5.56. The summed E-state index contributed by atoms with van der Waals surface area (Å²) in [5.74, 6) is 0.395. The van der Waals surface area contributed by atoms with Crippen LogP contribution in [0.5, 0.6) is 11.6 Å². The summed E-state index contributed by atoms with van der Waals surface area (Å²) in [6, 6.07) is 8.56. The second-order valence-corrected chi connectivity index (χ2v) is 5.99. The molecule has 1 aliphatic rings. The van der Waals surface area contributed by atoms with E-state index in [1.165, 1.54) is 4.90 Å². The van der Waals surface area contributed by atoms with Gasteiger partial charge >= 0.3 is 0 Å². The van der Waals surface area contributed by atoms with Crippen LogP contribution in [-0.2, 0) is 16.1 Å². The zero-order chi connectivity index (χ0) is 18.5. The number of aromatic nitrogens is 1. The predicted octanol–water partition coefficient (Wildman–Crippen LogP) is 2.18. The van der Waals surface area contributed by atoms with Gasteiger partial charge < -0.3 is 14.8 Å². The molecule has 0 fully saturated rings. The Morgan fingerprint density at radius 1 is 1.42 bits per heavy atom. The molecule has 26 heavy (non-hydrogen) atoms. The standard InChI is InChI=1S/C18H18ClN3O4/c1-2-25-18-12(4-3-7-20-18)9-21-16(23)10-22-14-8-13(19)5-6-15(14)26-11-17(22)24/h3-8H,2,9-11H2,1H3,(H,21,23). The zero-order valence-electron chi connectivity index (χ0n) is 14.2. The van der Waals surface area contributed by atoms with Gasteiger partial charge in [-0.15, -0.1) is 0 Å². The van der Waals surface area contributed by atoms with Crippen molar-refractivity contribution in [2.24, 2.45) is 0 Å². The third-order valence-electron chi connectivity index (χ3n) is 3.77. The second kappa shape index (κ2) is 8.05. The number of carbonyl (C=O) groups is 2. The lowest BCUT2D eigenvalue weighted by Crippen LogP contribution is -2.45. The highest BCUT2D eigenvalue weighted by Gasteiger charge is 2.27. The van der Waals surface area contributed by atoms with Crippen LogP contribution >= 0.6 is 11.6 Å². The Bertz CT molecular complexity index is 828. The van der Waals surface area contributed by atoms with E-state index in [0.717, 1.165) is 5.56 Å². The normalized spacial score (nSPS) is 13.0. The number of hydrogen-bond donors (Lipinski definition) is 1. The molecular weight excluding hydrogens is 358 g/mol. The number of nitrogens with zero attached hydrogens (tertiary/aromatic N) is 2. The van der Waals surface area contributed by atoms with Crippen molar-refractivity contribution in [2.75, 3.05) is 24.7 Å². The molecule has 0 aliphatic carbocycles. The van der Waals surface area contributed by atoms with Crippen LogP contribution in [0.2, 0.25) is 5.02 Å². The van der Waals surface area contributed by atoms with Gasteiger partial charge in [-0.2, -0.15) is 0 Å². The van der Waals surface area contributed by atoms with Crippen LogP contribution in [0.1, 0.15) is 12.5 Å². The lowest BCUT2D eigenvalue weighted by molar-refractivity contribution is -0.125. The minimum atomic E-state index is -0.308. The highest BCUT2D eigenvalue weighted by molar-refractivity contribution is 6.31. The van der Waals surface area contributed by atoms with Crippen molar-refractivity contribution in [1.29, 1.82) is 0 Å². The minimum absolute atomic E-state index is 0.112. The Hall–Kier alpha value is -2.80. The maximum atomic E-state index is 12.4. The fourth-order valence-corrected chi connectivity index (χ4v) is 2.73. The molecule has 0 atom stereocenters. The average Bonchev–Trinajstić information content (AvgIpc) is 2.64. The van der Waals surface area contributed by atoms with Gasteiger partial charge in [-0.05, 0) is 31.2 Å². The van der Waals surface area contributed by atoms with E-state index in [1.807, 2.05) is 13.0 Å². The molecule has 0 spiro atoms. The van der Waals surface area contributed by atoms with E-state index in [4.69, 9.17) is 21.1 Å². The first kappa shape index (κ1) is 18.0. The van der Waals surface area contributed by atoms with Crippen molar-refractivity contribution in [3.8, 4) is 11.6 Å². The van der Waals surface area contributed by atoms with Gasteiger partial charge in [-0.1, -0.05) is 17.7 Å². The molecule has 0 saturated heterocycles. The molecule has 7 nitrogen and oxygen atoms in total. The Morgan fingerprint density at radius 2 is 2.27 bits per heavy atom. The van der Waals surface area contributed by atoms with E-state index in [1.54, 1.807) is 30.5 Å². The number of fused-ring (bicyclic) bond motifs is 1. The maximum absolute atomic E-state index is 12.4. The highest BCUT2D eigenvalue weighted by atomic mass is 35.5. The van der Waals surface area contributed by atoms with Crippen LogP contribution in [0.4, 0.5) is 5.69 Å². The molecule has 1 aromatic carbocycles. The molecule has 0 unspecified atom stereocenters. The molecule has 3 rings (SSSR count). The number of anilines is 1. The van der Waals surface area contributed by atoms with Crippen LogP contribution in [0, 0.1) is 0 Å². The first-order valence-electron chi connectivity index (χ1n) is 8.14. The van der Waals surface area contributed by atoms with E-state index >= 15 is 0 Å². The number of pyridine rings is 1. The fraction of sp³-hybridized carbons (Fsp3) is 0.278. The monoisotopic (exact) mass is 375 g/mol. The van der Waals surface area contributed by atoms with Gasteiger partial charge in [-0.25, -0.2) is 4.98 Å². The Labute approximate surface area is 155 Å². The van der Waals surface area contributed by atoms with Crippen LogP contribution < -0.4 is 19.7 Å². The molecular formula is C18H18ClN3O4. The van der Waals surface area contributed by atoms with E-state index in [-0.39, 0.29) is 31.5 Å². The minimum Gasteiger partial charge on any atom is -0.482 e. The van der Waals surface area contributed by atoms with E-state index < -0.39 is 0 Å². The Morgan fingerprint density at radius 3 is 3.08 bits per heavy atom. The summed E-state index contributed by atoms with van der Waals surface area (Å²) in [6.45, 7) is 2.36. The quantitative estimate of drug-likeness (QED) is 0.837. The van der Waals surface area contributed by atoms with E-state index in [2.05, 4.69) is 10.3 Å². The lowest BCUT2D eigenvalue weighted by atomic mass is 10.2. The number of carbonyl (C=O) groups excluding carboxylic acids is 2. The number of halogens is 1. The zero-order valence-corrected chi connectivity index (χ0v) is 15.0. The molecule has 2 amide bonds. The Kier molecular flexibility index (Phi) is 5.58. The van der Waals surface area contributed by atoms with Gasteiger partial charge in [0.25, 0.3) is 5.91 Å². The number of nitrogens with one attached hydrogen (secondary N) is 1. The van der Waals surface area contributed by atoms with Crippen LogP contribution in [-0.4, -0.2) is 36.6 Å². The summed E-state index contributed by atoms with van der Waals surface area (Å²) in [6.07, 6.45) is 1.63. The molecule has 2 aromatic rings. The van der Waals surface area contributed by atoms with Gasteiger partial charge in [0.1, 0.15) is 12.3 Å². The number of benzene rings is 1. The molecule has 1 aromatic heterocycles. The Balaban J connectivity index is 1.67. The molecule has 1 N–H and O–H groups in total. The van der Waals surface area contributed by atoms with Crippen LogP contribution in [0.15, 0.2) is 36.5 Å². The average molecular weight is 376 g/mol. The van der Waals surface area contributed by atoms with Crippen molar-refractivity contribution in [2.45, 2.75) is 13.5 Å². The van der Waals surface area contributed by atoms with Crippen molar-refractivity contribution in [1.82, 2.24) is 10.3 Å². The topological polar surface area (TPSA) is 80.8 Å². The SMILES string of the molecule is CCOc1ncccc1CNC(=O)CN1C(=O)COc2ccc(Cl)cc21. The van der Waals surface area contributed by atoms with Gasteiger partial charge in [0.15, 0.2) is 6.61 Å². The summed E-state index contributed by atoms with van der Waals surface area (Å²) in [5, 5.41) is 3.25. The first-order valence-corrected chi connectivity index (χ1v) is 8.52. The maximum Gasteiger partial charge on any atom is 0.265 e. The van der Waals surface area contributed by atoms with Gasteiger partial charge in [0.05, 0.1) is 12.3 Å². The number of amides is 2.